The summed E-state index contributed by atoms with van der Waals surface area (Å²) in [6.45, 7) is 17.3. The fraction of sp³-hybridized carbons (Fsp3) is 0.949. The molecular formula is C59H96O25. The molecule has 9 fully saturated rings. The monoisotopic (exact) mass is 1200 g/mol. The minimum Gasteiger partial charge on any atom is -0.432 e. The Balaban J connectivity index is 0.824. The molecule has 5 heterocycles. The molecule has 482 valence electrons. The van der Waals surface area contributed by atoms with Gasteiger partial charge in [-0.2, -0.15) is 0 Å². The minimum atomic E-state index is -1.88. The molecule has 0 aromatic heterocycles. The van der Waals surface area contributed by atoms with Crippen molar-refractivity contribution in [3.63, 3.8) is 0 Å². The molecule has 0 aromatic rings. The Kier molecular flexibility index (Phi) is 18.5. The highest BCUT2D eigenvalue weighted by Gasteiger charge is 2.70. The Labute approximate surface area is 490 Å². The van der Waals surface area contributed by atoms with Crippen LogP contribution in [0.25, 0.3) is 0 Å². The Hall–Kier alpha value is -1.71. The van der Waals surface area contributed by atoms with E-state index in [9.17, 15) is 71.5 Å². The highest BCUT2D eigenvalue weighted by Crippen LogP contribution is 2.76. The van der Waals surface area contributed by atoms with Gasteiger partial charge in [0.25, 0.3) is 0 Å². The number of aliphatic hydroxyl groups excluding tert-OH is 14. The van der Waals surface area contributed by atoms with Gasteiger partial charge in [0, 0.05) is 0 Å². The lowest BCUT2D eigenvalue weighted by molar-refractivity contribution is -0.364. The van der Waals surface area contributed by atoms with Crippen LogP contribution in [0.15, 0.2) is 11.6 Å². The molecule has 0 amide bonds. The topological polar surface area (TPSA) is 393 Å². The SMILES string of the molecule is CC1OC(OC2C(CO)OC(OCC3OC(OC(=O)[C@]45CCC(C)(C)CC4C4=CCC6[C@@]7(C)CCC(OC8OCC(O)C(O)C8OC8OC(C)C(O)C(O)C8O)C(C)(C)C7CC[C@@]6(C)[C@]4(C)CC5)C(O)C(O)C3O)C(O)C2O)C(O)C(O)C1O. The van der Waals surface area contributed by atoms with Crippen LogP contribution in [0.5, 0.6) is 0 Å². The summed E-state index contributed by atoms with van der Waals surface area (Å²) in [6.07, 6.45) is -27.9. The van der Waals surface area contributed by atoms with E-state index in [1.54, 1.807) is 0 Å². The molecule has 10 rings (SSSR count). The number of carbonyl (C=O) groups excluding carboxylic acids is 1. The van der Waals surface area contributed by atoms with Crippen LogP contribution in [0.3, 0.4) is 0 Å². The van der Waals surface area contributed by atoms with Gasteiger partial charge in [0.05, 0.1) is 43.5 Å². The van der Waals surface area contributed by atoms with Gasteiger partial charge in [-0.3, -0.25) is 4.79 Å². The van der Waals surface area contributed by atoms with Crippen molar-refractivity contribution in [3.8, 4) is 0 Å². The molecule has 25 heteroatoms. The van der Waals surface area contributed by atoms with E-state index in [1.165, 1.54) is 19.4 Å². The van der Waals surface area contributed by atoms with E-state index >= 15 is 4.79 Å². The number of hydrogen-bond acceptors (Lipinski definition) is 25. The summed E-state index contributed by atoms with van der Waals surface area (Å²) in [5.74, 6) is -0.449. The van der Waals surface area contributed by atoms with E-state index in [-0.39, 0.29) is 52.1 Å². The maximum Gasteiger partial charge on any atom is 0.315 e. The zero-order chi connectivity index (χ0) is 61.3. The molecule has 84 heavy (non-hydrogen) atoms. The lowest BCUT2D eigenvalue weighted by Crippen LogP contribution is -2.66. The summed E-state index contributed by atoms with van der Waals surface area (Å²) in [5.41, 5.74) is -1.12. The van der Waals surface area contributed by atoms with E-state index in [1.807, 2.05) is 0 Å². The maximum atomic E-state index is 15.2. The summed E-state index contributed by atoms with van der Waals surface area (Å²) < 4.78 is 59.6. The van der Waals surface area contributed by atoms with Crippen molar-refractivity contribution in [1.29, 1.82) is 0 Å². The highest BCUT2D eigenvalue weighted by molar-refractivity contribution is 5.79. The number of carbonyl (C=O) groups is 1. The largest absolute Gasteiger partial charge is 0.432 e. The molecule has 25 nitrogen and oxygen atoms in total. The van der Waals surface area contributed by atoms with Gasteiger partial charge >= 0.3 is 5.97 Å². The molecule has 5 aliphatic heterocycles. The van der Waals surface area contributed by atoms with E-state index in [4.69, 9.17) is 47.4 Å². The number of ether oxygens (including phenoxy) is 10. The molecule has 0 spiro atoms. The zero-order valence-corrected chi connectivity index (χ0v) is 49.7. The number of hydrogen-bond donors (Lipinski definition) is 14. The van der Waals surface area contributed by atoms with Crippen molar-refractivity contribution >= 4 is 5.97 Å². The van der Waals surface area contributed by atoms with Crippen molar-refractivity contribution < 1.29 is 124 Å². The van der Waals surface area contributed by atoms with Gasteiger partial charge in [0.1, 0.15) is 104 Å². The third kappa shape index (κ3) is 10.9. The third-order valence-electron chi connectivity index (χ3n) is 23.0. The number of esters is 1. The molecule has 32 atom stereocenters. The van der Waals surface area contributed by atoms with Crippen LogP contribution in [0.1, 0.15) is 127 Å². The van der Waals surface area contributed by atoms with Crippen LogP contribution in [0, 0.1) is 50.2 Å². The maximum absolute atomic E-state index is 15.2. The van der Waals surface area contributed by atoms with Gasteiger partial charge in [-0.15, -0.1) is 0 Å². The first kappa shape index (κ1) is 65.2. The summed E-state index contributed by atoms with van der Waals surface area (Å²) in [6, 6.07) is 0. The first-order valence-electron chi connectivity index (χ1n) is 30.5. The predicted molar refractivity (Wildman–Crippen MR) is 287 cm³/mol. The average Bonchev–Trinajstić information content (AvgIpc) is 0.692. The standard InChI is InChI=1S/C59H96O25/c1-24-34(62)38(66)42(70)49(77-24)82-46-29(21-60)79-48(45(73)41(46)69)76-23-30-37(65)40(68)44(72)51(80-30)84-53(74)59-18-16-54(3,4)20-27(59)26-10-11-32-56(7)14-13-33(55(5,6)31(56)12-15-58(32,9)57(26,8)17-19-59)81-52-47(36(64)28(61)22-75-52)83-50-43(71)39(67)35(63)25(2)78-50/h10,24-25,27-52,60-73H,11-23H2,1-9H3/t24?,25?,27?,28?,29?,30?,31?,32?,33?,34?,35?,36?,37?,38?,39?,40?,41?,42?,43?,44?,45?,46?,47?,48?,49?,50?,51?,52?,56-,57+,58+,59-/m0/s1. The second kappa shape index (κ2) is 23.8. The van der Waals surface area contributed by atoms with Crippen molar-refractivity contribution in [2.24, 2.45) is 50.2 Å². The molecule has 0 radical (unpaired) electrons. The number of rotatable bonds is 12. The summed E-state index contributed by atoms with van der Waals surface area (Å²) >= 11 is 0. The highest BCUT2D eigenvalue weighted by atomic mass is 16.8. The average molecular weight is 1210 g/mol. The third-order valence-corrected chi connectivity index (χ3v) is 23.0. The normalized spacial score (nSPS) is 54.6. The molecule has 0 bridgehead atoms. The van der Waals surface area contributed by atoms with Gasteiger partial charge in [-0.05, 0) is 123 Å². The van der Waals surface area contributed by atoms with Crippen LogP contribution < -0.4 is 0 Å². The van der Waals surface area contributed by atoms with Crippen molar-refractivity contribution in [1.82, 2.24) is 0 Å². The fourth-order valence-corrected chi connectivity index (χ4v) is 17.5. The van der Waals surface area contributed by atoms with Crippen LogP contribution in [-0.2, 0) is 52.2 Å². The lowest BCUT2D eigenvalue weighted by Gasteiger charge is -2.71. The van der Waals surface area contributed by atoms with Gasteiger partial charge in [0.15, 0.2) is 25.2 Å². The zero-order valence-electron chi connectivity index (χ0n) is 49.7. The molecule has 10 aliphatic rings. The van der Waals surface area contributed by atoms with Crippen LogP contribution in [0.2, 0.25) is 0 Å². The fourth-order valence-electron chi connectivity index (χ4n) is 17.5. The summed E-state index contributed by atoms with van der Waals surface area (Å²) in [5, 5.41) is 151. The van der Waals surface area contributed by atoms with Crippen molar-refractivity contribution in [2.45, 2.75) is 280 Å². The molecule has 5 aliphatic carbocycles. The molecule has 28 unspecified atom stereocenters. The van der Waals surface area contributed by atoms with Gasteiger partial charge in [-0.1, -0.05) is 60.1 Å². The predicted octanol–water partition coefficient (Wildman–Crippen LogP) is -1.52. The summed E-state index contributed by atoms with van der Waals surface area (Å²) in [4.78, 5) is 15.2. The van der Waals surface area contributed by atoms with Crippen LogP contribution in [-0.4, -0.2) is 251 Å². The smallest absolute Gasteiger partial charge is 0.315 e. The van der Waals surface area contributed by atoms with E-state index in [2.05, 4.69) is 54.5 Å². The summed E-state index contributed by atoms with van der Waals surface area (Å²) in [7, 11) is 0. The number of aliphatic hydroxyl groups is 14. The molecule has 14 N–H and O–H groups in total. The van der Waals surface area contributed by atoms with Crippen molar-refractivity contribution in [3.05, 3.63) is 11.6 Å². The number of fused-ring (bicyclic) bond motifs is 7. The Bertz CT molecular complexity index is 2340. The lowest BCUT2D eigenvalue weighted by atomic mass is 9.33. The molecular weight excluding hydrogens is 1110 g/mol. The number of allylic oxidation sites excluding steroid dienone is 2. The Morgan fingerprint density at radius 1 is 0.560 bits per heavy atom. The quantitative estimate of drug-likeness (QED) is 0.0600. The molecule has 0 aromatic carbocycles. The molecule has 4 saturated carbocycles. The van der Waals surface area contributed by atoms with Crippen LogP contribution >= 0.6 is 0 Å². The minimum absolute atomic E-state index is 0.150. The first-order chi connectivity index (χ1) is 39.3. The van der Waals surface area contributed by atoms with E-state index < -0.39 is 177 Å². The second-order valence-electron chi connectivity index (χ2n) is 28.6. The van der Waals surface area contributed by atoms with Crippen molar-refractivity contribution in [2.75, 3.05) is 19.8 Å². The van der Waals surface area contributed by atoms with E-state index in [0.717, 1.165) is 25.7 Å². The Morgan fingerprint density at radius 3 is 1.76 bits per heavy atom. The first-order valence-corrected chi connectivity index (χ1v) is 30.5. The van der Waals surface area contributed by atoms with Gasteiger partial charge < -0.3 is 119 Å². The molecule has 5 saturated heterocycles. The Morgan fingerprint density at radius 2 is 1.13 bits per heavy atom. The van der Waals surface area contributed by atoms with E-state index in [0.29, 0.717) is 38.5 Å². The van der Waals surface area contributed by atoms with Gasteiger partial charge in [-0.25, -0.2) is 0 Å². The van der Waals surface area contributed by atoms with Gasteiger partial charge in [0.2, 0.25) is 6.29 Å². The van der Waals surface area contributed by atoms with Crippen LogP contribution in [0.4, 0.5) is 0 Å². The second-order valence-corrected chi connectivity index (χ2v) is 28.6.